The van der Waals surface area contributed by atoms with E-state index >= 15 is 0 Å². The van der Waals surface area contributed by atoms with E-state index in [-0.39, 0.29) is 24.0 Å². The number of aliphatic carboxylic acids is 1. The summed E-state index contributed by atoms with van der Waals surface area (Å²) in [7, 11) is -3.87. The monoisotopic (exact) mass is 367 g/mol. The molecule has 1 aliphatic heterocycles. The Morgan fingerprint density at radius 1 is 1.36 bits per heavy atom. The molecule has 0 spiro atoms. The van der Waals surface area contributed by atoms with Crippen LogP contribution in [0.2, 0.25) is 0 Å². The lowest BCUT2D eigenvalue weighted by atomic mass is 10.0. The van der Waals surface area contributed by atoms with Crippen molar-refractivity contribution in [2.24, 2.45) is 0 Å². The zero-order valence-electron chi connectivity index (χ0n) is 14.0. The molecule has 8 heteroatoms. The number of β-amino-alcohol motifs (C(OH)–C–C–N with tert-alkyl or cyclic N) is 1. The molecule has 0 amide bonds. The summed E-state index contributed by atoms with van der Waals surface area (Å²) < 4.78 is 31.0. The molecule has 0 saturated carbocycles. The van der Waals surface area contributed by atoms with E-state index < -0.39 is 33.2 Å². The Morgan fingerprint density at radius 3 is 2.56 bits per heavy atom. The summed E-state index contributed by atoms with van der Waals surface area (Å²) >= 11 is 0. The van der Waals surface area contributed by atoms with Crippen molar-refractivity contribution in [2.45, 2.75) is 48.7 Å². The molecule has 1 aromatic carbocycles. The number of hydrogen-bond donors (Lipinski definition) is 3. The first kappa shape index (κ1) is 19.2. The van der Waals surface area contributed by atoms with Crippen LogP contribution in [0.15, 0.2) is 29.2 Å². The number of nitrogens with one attached hydrogen (secondary N) is 1. The van der Waals surface area contributed by atoms with E-state index in [1.165, 1.54) is 24.3 Å². The van der Waals surface area contributed by atoms with Crippen molar-refractivity contribution in [3.05, 3.63) is 24.3 Å². The summed E-state index contributed by atoms with van der Waals surface area (Å²) in [5, 5.41) is 20.5. The second-order valence-electron chi connectivity index (χ2n) is 5.81. The van der Waals surface area contributed by atoms with Gasteiger partial charge in [-0.25, -0.2) is 8.42 Å². The number of aliphatic hydroxyl groups is 1. The van der Waals surface area contributed by atoms with Crippen molar-refractivity contribution in [2.75, 3.05) is 6.54 Å². The van der Waals surface area contributed by atoms with E-state index in [2.05, 4.69) is 17.2 Å². The molecule has 1 saturated heterocycles. The number of carboxylic acid groups (broad SMARTS) is 1. The van der Waals surface area contributed by atoms with Crippen LogP contribution in [0, 0.1) is 11.8 Å². The Kier molecular flexibility index (Phi) is 6.06. The van der Waals surface area contributed by atoms with Crippen molar-refractivity contribution in [1.82, 2.24) is 5.32 Å². The molecule has 4 atom stereocenters. The highest BCUT2D eigenvalue weighted by Gasteiger charge is 2.41. The van der Waals surface area contributed by atoms with Crippen molar-refractivity contribution in [1.29, 1.82) is 0 Å². The van der Waals surface area contributed by atoms with Crippen molar-refractivity contribution in [3.63, 3.8) is 0 Å². The molecule has 3 N–H and O–H groups in total. The van der Waals surface area contributed by atoms with Gasteiger partial charge in [0.25, 0.3) is 0 Å². The molecule has 4 unspecified atom stereocenters. The van der Waals surface area contributed by atoms with E-state index in [0.717, 1.165) is 0 Å². The predicted molar refractivity (Wildman–Crippen MR) is 91.0 cm³/mol. The molecule has 1 heterocycles. The fourth-order valence-electron chi connectivity index (χ4n) is 2.71. The molecular formula is C17H21NO6S. The van der Waals surface area contributed by atoms with E-state index in [0.29, 0.717) is 5.75 Å². The highest BCUT2D eigenvalue weighted by atomic mass is 32.2. The summed E-state index contributed by atoms with van der Waals surface area (Å²) in [6.07, 6.45) is -1.69. The average Bonchev–Trinajstić information content (AvgIpc) is 2.55. The summed E-state index contributed by atoms with van der Waals surface area (Å²) in [5.41, 5.74) is 0. The number of carboxylic acids is 1. The van der Waals surface area contributed by atoms with Crippen LogP contribution in [0.5, 0.6) is 5.75 Å². The predicted octanol–water partition coefficient (Wildman–Crippen LogP) is 0.427. The summed E-state index contributed by atoms with van der Waals surface area (Å²) in [6, 6.07) is 4.81. The molecule has 25 heavy (non-hydrogen) atoms. The molecule has 1 aliphatic rings. The minimum Gasteiger partial charge on any atom is -0.480 e. The van der Waals surface area contributed by atoms with Crippen molar-refractivity contribution in [3.8, 4) is 17.6 Å². The van der Waals surface area contributed by atoms with Gasteiger partial charge in [-0.05, 0) is 44.5 Å². The van der Waals surface area contributed by atoms with Gasteiger partial charge in [-0.3, -0.25) is 4.79 Å². The lowest BCUT2D eigenvalue weighted by Crippen LogP contribution is -2.55. The molecule has 7 nitrogen and oxygen atoms in total. The maximum atomic E-state index is 12.8. The number of carbonyl (C=O) groups is 1. The summed E-state index contributed by atoms with van der Waals surface area (Å²) in [6.45, 7) is 3.39. The van der Waals surface area contributed by atoms with E-state index in [1.807, 2.05) is 0 Å². The van der Waals surface area contributed by atoms with Crippen LogP contribution in [0.4, 0.5) is 0 Å². The third-order valence-electron chi connectivity index (χ3n) is 3.98. The standard InChI is InChI=1S/C17H21NO6S/c1-3-4-11(2)24-12-5-7-13(8-6-12)25(22,23)16-9-14(17(20)21)18-10-15(16)19/h5-8,11,14-16,18-19H,9-10H2,1-2H3,(H,20,21). The topological polar surface area (TPSA) is 113 Å². The summed E-state index contributed by atoms with van der Waals surface area (Å²) in [4.78, 5) is 11.1. The minimum absolute atomic E-state index is 0.0177. The van der Waals surface area contributed by atoms with Crippen molar-refractivity contribution < 1.29 is 28.2 Å². The Hall–Kier alpha value is -2.08. The minimum atomic E-state index is -3.87. The van der Waals surface area contributed by atoms with Gasteiger partial charge in [0.05, 0.1) is 16.2 Å². The molecule has 2 rings (SSSR count). The number of aliphatic hydroxyl groups excluding tert-OH is 1. The first-order valence-electron chi connectivity index (χ1n) is 7.83. The number of hydrogen-bond acceptors (Lipinski definition) is 6. The molecule has 136 valence electrons. The summed E-state index contributed by atoms with van der Waals surface area (Å²) in [5.74, 6) is 4.90. The average molecular weight is 367 g/mol. The Balaban J connectivity index is 2.20. The van der Waals surface area contributed by atoms with E-state index in [9.17, 15) is 18.3 Å². The maximum absolute atomic E-state index is 12.8. The van der Waals surface area contributed by atoms with Crippen LogP contribution in [0.3, 0.4) is 0 Å². The van der Waals surface area contributed by atoms with Crippen molar-refractivity contribution >= 4 is 15.8 Å². The number of ether oxygens (including phenoxy) is 1. The number of piperidine rings is 1. The third-order valence-corrected chi connectivity index (χ3v) is 6.21. The molecule has 1 aromatic rings. The lowest BCUT2D eigenvalue weighted by molar-refractivity contribution is -0.140. The van der Waals surface area contributed by atoms with E-state index in [1.54, 1.807) is 13.8 Å². The van der Waals surface area contributed by atoms with Gasteiger partial charge in [0.2, 0.25) is 0 Å². The number of benzene rings is 1. The Bertz CT molecular complexity index is 778. The van der Waals surface area contributed by atoms with Crippen LogP contribution in [0.25, 0.3) is 0 Å². The third kappa shape index (κ3) is 4.51. The highest BCUT2D eigenvalue weighted by molar-refractivity contribution is 7.92. The van der Waals surface area contributed by atoms with Crippen LogP contribution in [0.1, 0.15) is 20.3 Å². The first-order chi connectivity index (χ1) is 11.8. The van der Waals surface area contributed by atoms with Crippen LogP contribution >= 0.6 is 0 Å². The number of sulfone groups is 1. The molecule has 0 aromatic heterocycles. The maximum Gasteiger partial charge on any atom is 0.320 e. The van der Waals surface area contributed by atoms with Gasteiger partial charge in [-0.2, -0.15) is 0 Å². The van der Waals surface area contributed by atoms with Gasteiger partial charge in [0.1, 0.15) is 11.8 Å². The Morgan fingerprint density at radius 2 is 2.00 bits per heavy atom. The second kappa shape index (κ2) is 7.87. The normalized spacial score (nSPS) is 24.7. The lowest BCUT2D eigenvalue weighted by Gasteiger charge is -2.31. The number of rotatable bonds is 5. The van der Waals surface area contributed by atoms with Gasteiger partial charge in [-0.15, -0.1) is 5.92 Å². The first-order valence-corrected chi connectivity index (χ1v) is 9.37. The van der Waals surface area contributed by atoms with Crippen LogP contribution in [-0.4, -0.2) is 54.6 Å². The van der Waals surface area contributed by atoms with Gasteiger partial charge >= 0.3 is 5.97 Å². The molecule has 0 radical (unpaired) electrons. The molecular weight excluding hydrogens is 346 g/mol. The smallest absolute Gasteiger partial charge is 0.320 e. The molecule has 0 bridgehead atoms. The fourth-order valence-corrected chi connectivity index (χ4v) is 4.53. The van der Waals surface area contributed by atoms with Gasteiger partial charge in [-0.1, -0.05) is 5.92 Å². The highest BCUT2D eigenvalue weighted by Crippen LogP contribution is 2.26. The second-order valence-corrected chi connectivity index (χ2v) is 7.98. The largest absolute Gasteiger partial charge is 0.480 e. The van der Waals surface area contributed by atoms with Crippen LogP contribution < -0.4 is 10.1 Å². The fraction of sp³-hybridized carbons (Fsp3) is 0.471. The SMILES string of the molecule is CC#CC(C)Oc1ccc(S(=O)(=O)C2CC(C(=O)O)NCC2O)cc1. The Labute approximate surface area is 146 Å². The van der Waals surface area contributed by atoms with Gasteiger partial charge < -0.3 is 20.3 Å². The van der Waals surface area contributed by atoms with E-state index in [4.69, 9.17) is 9.84 Å². The van der Waals surface area contributed by atoms with Gasteiger partial charge in [0.15, 0.2) is 15.9 Å². The zero-order valence-corrected chi connectivity index (χ0v) is 14.8. The zero-order chi connectivity index (χ0) is 18.6. The molecule has 1 fully saturated rings. The quantitative estimate of drug-likeness (QED) is 0.647. The van der Waals surface area contributed by atoms with Crippen LogP contribution in [-0.2, 0) is 14.6 Å². The molecule has 0 aliphatic carbocycles. The van der Waals surface area contributed by atoms with Gasteiger partial charge in [0, 0.05) is 6.54 Å².